The van der Waals surface area contributed by atoms with E-state index in [4.69, 9.17) is 14.2 Å². The maximum absolute atomic E-state index is 13.5. The minimum absolute atomic E-state index is 0.0112. The number of carbonyl (C=O) groups excluding carboxylic acids is 2. The lowest BCUT2D eigenvalue weighted by molar-refractivity contribution is -0.277. The summed E-state index contributed by atoms with van der Waals surface area (Å²) in [6.45, 7) is -0.159. The minimum Gasteiger partial charge on any atom is -0.504 e. The molecule has 6 rings (SSSR count). The molecule has 3 aromatic carbocycles. The predicted octanol–water partition coefficient (Wildman–Crippen LogP) is 2.03. The lowest BCUT2D eigenvalue weighted by Gasteiger charge is -2.40. The summed E-state index contributed by atoms with van der Waals surface area (Å²) in [7, 11) is 0. The summed E-state index contributed by atoms with van der Waals surface area (Å²) in [6, 6.07) is 17.0. The van der Waals surface area contributed by atoms with Crippen LogP contribution in [0.5, 0.6) is 11.5 Å². The monoisotopic (exact) mass is 516 g/mol. The van der Waals surface area contributed by atoms with Crippen molar-refractivity contribution in [1.29, 1.82) is 0 Å². The molecule has 2 heterocycles. The third-order valence-corrected chi connectivity index (χ3v) is 7.20. The van der Waals surface area contributed by atoms with Gasteiger partial charge in [-0.1, -0.05) is 54.6 Å². The molecule has 0 radical (unpaired) electrons. The van der Waals surface area contributed by atoms with E-state index in [0.717, 1.165) is 5.56 Å². The fourth-order valence-electron chi connectivity index (χ4n) is 5.20. The number of phenols is 1. The second-order valence-corrected chi connectivity index (χ2v) is 9.45. The third kappa shape index (κ3) is 3.79. The third-order valence-electron chi connectivity index (χ3n) is 7.20. The van der Waals surface area contributed by atoms with E-state index in [9.17, 15) is 30.0 Å². The van der Waals surface area contributed by atoms with Crippen LogP contribution in [0.4, 0.5) is 0 Å². The second-order valence-electron chi connectivity index (χ2n) is 9.45. The van der Waals surface area contributed by atoms with E-state index in [0.29, 0.717) is 5.56 Å². The van der Waals surface area contributed by atoms with Crippen molar-refractivity contribution in [2.75, 3.05) is 6.61 Å². The molecule has 0 spiro atoms. The zero-order valence-electron chi connectivity index (χ0n) is 19.9. The molecule has 1 saturated heterocycles. The Hall–Kier alpha value is -4.02. The predicted molar refractivity (Wildman–Crippen MR) is 132 cm³/mol. The van der Waals surface area contributed by atoms with Gasteiger partial charge in [-0.3, -0.25) is 9.59 Å². The van der Waals surface area contributed by atoms with Crippen molar-refractivity contribution in [3.8, 4) is 11.5 Å². The first-order chi connectivity index (χ1) is 18.4. The van der Waals surface area contributed by atoms with Crippen molar-refractivity contribution < 1.29 is 44.2 Å². The molecule has 3 aromatic rings. The molecule has 9 nitrogen and oxygen atoms in total. The Kier molecular flexibility index (Phi) is 6.00. The Morgan fingerprint density at radius 3 is 2.21 bits per heavy atom. The molecule has 0 saturated carbocycles. The largest absolute Gasteiger partial charge is 0.504 e. The average Bonchev–Trinajstić information content (AvgIpc) is 2.97. The summed E-state index contributed by atoms with van der Waals surface area (Å²) in [5.41, 5.74) is 1.23. The quantitative estimate of drug-likeness (QED) is 0.299. The normalized spacial score (nSPS) is 29.0. The van der Waals surface area contributed by atoms with E-state index < -0.39 is 53.9 Å². The highest BCUT2D eigenvalue weighted by Crippen LogP contribution is 2.46. The molecule has 4 N–H and O–H groups in total. The maximum atomic E-state index is 13.5. The number of allylic oxidation sites excluding steroid dienone is 1. The van der Waals surface area contributed by atoms with Gasteiger partial charge in [-0.05, 0) is 17.7 Å². The number of benzene rings is 3. The van der Waals surface area contributed by atoms with Crippen LogP contribution in [-0.2, 0) is 9.47 Å². The molecule has 2 aliphatic heterocycles. The summed E-state index contributed by atoms with van der Waals surface area (Å²) in [4.78, 5) is 27.0. The zero-order chi connectivity index (χ0) is 26.6. The fourth-order valence-corrected chi connectivity index (χ4v) is 5.20. The SMILES string of the molecule is O=C1c2ccccc2C(=O)c2c1cc1c(c2O)O[C@H]2O[C@@H](CO/C=C\[C@@H]1c1ccccc1)[C@H](O)[C@@H](O)[C@@H]2O. The summed E-state index contributed by atoms with van der Waals surface area (Å²) < 4.78 is 17.3. The number of ether oxygens (including phenoxy) is 3. The summed E-state index contributed by atoms with van der Waals surface area (Å²) in [6.07, 6.45) is -4.29. The highest BCUT2D eigenvalue weighted by Gasteiger charge is 2.46. The number of hydrogen-bond acceptors (Lipinski definition) is 9. The number of rotatable bonds is 1. The Bertz CT molecular complexity index is 1450. The fraction of sp³-hybridized carbons (Fsp3) is 0.241. The molecule has 3 aliphatic rings. The molecule has 0 amide bonds. The van der Waals surface area contributed by atoms with Crippen LogP contribution in [0.1, 0.15) is 48.9 Å². The van der Waals surface area contributed by atoms with Crippen LogP contribution in [0.2, 0.25) is 0 Å². The molecule has 0 aromatic heterocycles. The molecule has 6 atom stereocenters. The van der Waals surface area contributed by atoms with Gasteiger partial charge in [-0.2, -0.15) is 0 Å². The van der Waals surface area contributed by atoms with Gasteiger partial charge in [-0.15, -0.1) is 0 Å². The van der Waals surface area contributed by atoms with Crippen molar-refractivity contribution in [2.45, 2.75) is 36.6 Å². The van der Waals surface area contributed by atoms with Gasteiger partial charge in [0.05, 0.1) is 11.8 Å². The van der Waals surface area contributed by atoms with Crippen LogP contribution in [0, 0.1) is 0 Å². The number of fused-ring (bicyclic) bond motifs is 5. The van der Waals surface area contributed by atoms with Gasteiger partial charge in [0.25, 0.3) is 0 Å². The maximum Gasteiger partial charge on any atom is 0.229 e. The number of ketones is 2. The average molecular weight is 517 g/mol. The van der Waals surface area contributed by atoms with E-state index in [-0.39, 0.29) is 34.6 Å². The molecule has 1 fully saturated rings. The lowest BCUT2D eigenvalue weighted by atomic mass is 9.80. The van der Waals surface area contributed by atoms with Gasteiger partial charge in [-0.25, -0.2) is 0 Å². The Labute approximate surface area is 217 Å². The Morgan fingerprint density at radius 2 is 1.47 bits per heavy atom. The van der Waals surface area contributed by atoms with Crippen LogP contribution in [0.15, 0.2) is 73.0 Å². The van der Waals surface area contributed by atoms with Gasteiger partial charge in [0.1, 0.15) is 31.0 Å². The lowest BCUT2D eigenvalue weighted by Crippen LogP contribution is -2.60. The van der Waals surface area contributed by atoms with Gasteiger partial charge < -0.3 is 34.6 Å². The van der Waals surface area contributed by atoms with Crippen LogP contribution >= 0.6 is 0 Å². The topological polar surface area (TPSA) is 143 Å². The van der Waals surface area contributed by atoms with E-state index in [2.05, 4.69) is 0 Å². The first-order valence-corrected chi connectivity index (χ1v) is 12.1. The van der Waals surface area contributed by atoms with Gasteiger partial charge in [0.2, 0.25) is 6.29 Å². The van der Waals surface area contributed by atoms with Gasteiger partial charge in [0, 0.05) is 28.2 Å². The summed E-state index contributed by atoms with van der Waals surface area (Å²) in [5.74, 6) is -2.39. The standard InChI is InChI=1S/C29H24O9/c30-22-16-8-4-5-9-17(16)23(31)21-19(22)12-18-15(14-6-2-1-3-7-14)10-11-36-13-20-24(32)26(34)27(35)29(37-20)38-28(18)25(21)33/h1-12,15,20,24,26-27,29,32-35H,13H2/b11-10-/t15-,20+,24+,26-,27+,29-/m1/s1. The molecular formula is C29H24O9. The first-order valence-electron chi connectivity index (χ1n) is 12.1. The first kappa shape index (κ1) is 24.3. The van der Waals surface area contributed by atoms with E-state index in [1.165, 1.54) is 18.4 Å². The highest BCUT2D eigenvalue weighted by atomic mass is 16.7. The smallest absolute Gasteiger partial charge is 0.229 e. The van der Waals surface area contributed by atoms with Gasteiger partial charge >= 0.3 is 0 Å². The van der Waals surface area contributed by atoms with Gasteiger partial charge in [0.15, 0.2) is 23.1 Å². The van der Waals surface area contributed by atoms with Crippen molar-refractivity contribution >= 4 is 11.6 Å². The number of carbonyl (C=O) groups is 2. The molecule has 38 heavy (non-hydrogen) atoms. The van der Waals surface area contributed by atoms with Crippen molar-refractivity contribution in [3.63, 3.8) is 0 Å². The zero-order valence-corrected chi connectivity index (χ0v) is 19.9. The highest BCUT2D eigenvalue weighted by molar-refractivity contribution is 6.29. The molecule has 2 bridgehead atoms. The van der Waals surface area contributed by atoms with Crippen LogP contribution in [0.3, 0.4) is 0 Å². The van der Waals surface area contributed by atoms with E-state index in [1.54, 1.807) is 24.3 Å². The molecule has 1 aliphatic carbocycles. The number of aliphatic hydroxyl groups is 3. The molecule has 0 unspecified atom stereocenters. The van der Waals surface area contributed by atoms with Crippen molar-refractivity contribution in [1.82, 2.24) is 0 Å². The Balaban J connectivity index is 1.59. The summed E-state index contributed by atoms with van der Waals surface area (Å²) >= 11 is 0. The molecule has 9 heteroatoms. The van der Waals surface area contributed by atoms with E-state index >= 15 is 0 Å². The summed E-state index contributed by atoms with van der Waals surface area (Å²) in [5, 5.41) is 43.0. The van der Waals surface area contributed by atoms with Crippen molar-refractivity contribution in [3.05, 3.63) is 106 Å². The number of aliphatic hydroxyl groups excluding tert-OH is 3. The van der Waals surface area contributed by atoms with Crippen molar-refractivity contribution in [2.24, 2.45) is 0 Å². The van der Waals surface area contributed by atoms with Crippen LogP contribution in [-0.4, -0.2) is 69.3 Å². The second kappa shape index (κ2) is 9.38. The number of hydrogen-bond donors (Lipinski definition) is 4. The molecule has 194 valence electrons. The number of aromatic hydroxyl groups is 1. The molecular weight excluding hydrogens is 492 g/mol. The Morgan fingerprint density at radius 1 is 0.789 bits per heavy atom. The van der Waals surface area contributed by atoms with Crippen LogP contribution < -0.4 is 4.74 Å². The minimum atomic E-state index is -1.69. The van der Waals surface area contributed by atoms with E-state index in [1.807, 2.05) is 30.3 Å². The number of phenolic OH excluding ortho intramolecular Hbond substituents is 1. The van der Waals surface area contributed by atoms with Crippen LogP contribution in [0.25, 0.3) is 0 Å².